The Morgan fingerprint density at radius 1 is 1.05 bits per heavy atom. The molecule has 0 aliphatic rings. The van der Waals surface area contributed by atoms with Crippen LogP contribution in [-0.4, -0.2) is 13.1 Å². The average molecular weight is 280 g/mol. The minimum Gasteiger partial charge on any atom is -0.422 e. The maximum Gasteiger partial charge on any atom is 0.390 e. The first-order chi connectivity index (χ1) is 9.20. The Bertz CT molecular complexity index is 416. The van der Waals surface area contributed by atoms with E-state index in [0.29, 0.717) is 18.8 Å². The van der Waals surface area contributed by atoms with Gasteiger partial charge in [-0.2, -0.15) is 0 Å². The fraction of sp³-hybridized carbons (Fsp3) is 0.286. The van der Waals surface area contributed by atoms with Crippen LogP contribution in [0, 0.1) is 0 Å². The van der Waals surface area contributed by atoms with Crippen molar-refractivity contribution in [1.29, 1.82) is 0 Å². The molecule has 0 unspecified atom stereocenters. The molecule has 0 atom stereocenters. The van der Waals surface area contributed by atoms with E-state index in [1.54, 1.807) is 24.3 Å². The highest BCUT2D eigenvalue weighted by Gasteiger charge is 2.22. The molecule has 0 aliphatic carbocycles. The fourth-order valence-electron chi connectivity index (χ4n) is 1.38. The van der Waals surface area contributed by atoms with Gasteiger partial charge in [-0.3, -0.25) is 0 Å². The van der Waals surface area contributed by atoms with Crippen LogP contribution in [0.25, 0.3) is 0 Å². The summed E-state index contributed by atoms with van der Waals surface area (Å²) in [6.07, 6.45) is 4.99. The summed E-state index contributed by atoms with van der Waals surface area (Å²) < 4.78 is 18.2. The molecule has 1 aromatic rings. The Hall–Kier alpha value is -1.35. The van der Waals surface area contributed by atoms with Crippen molar-refractivity contribution in [3.8, 4) is 5.75 Å². The molecule has 1 rings (SSSR count). The molecule has 0 saturated carbocycles. The van der Waals surface area contributed by atoms with Crippen LogP contribution < -0.4 is 14.7 Å². The first kappa shape index (κ1) is 15.7. The maximum atomic E-state index is 12.6. The highest BCUT2D eigenvalue weighted by Crippen LogP contribution is 2.38. The van der Waals surface area contributed by atoms with Gasteiger partial charge in [0.05, 0.1) is 0 Å². The summed E-state index contributed by atoms with van der Waals surface area (Å²) in [7, 11) is -3.10. The van der Waals surface area contributed by atoms with Crippen LogP contribution in [0.2, 0.25) is 0 Å². The summed E-state index contributed by atoms with van der Waals surface area (Å²) in [6, 6.07) is 9.11. The van der Waals surface area contributed by atoms with Crippen molar-refractivity contribution < 1.29 is 9.09 Å². The molecule has 0 radical (unpaired) electrons. The van der Waals surface area contributed by atoms with E-state index >= 15 is 0 Å². The Labute approximate surface area is 115 Å². The molecular weight excluding hydrogens is 259 g/mol. The summed E-state index contributed by atoms with van der Waals surface area (Å²) in [5.41, 5.74) is 0. The van der Waals surface area contributed by atoms with Crippen LogP contribution in [0.1, 0.15) is 12.8 Å². The highest BCUT2D eigenvalue weighted by atomic mass is 31.2. The summed E-state index contributed by atoms with van der Waals surface area (Å²) in [6.45, 7) is 8.37. The molecule has 104 valence electrons. The molecule has 0 heterocycles. The molecule has 2 N–H and O–H groups in total. The summed E-state index contributed by atoms with van der Waals surface area (Å²) in [5.74, 6) is 0.572. The number of rotatable bonds is 10. The van der Waals surface area contributed by atoms with Gasteiger partial charge >= 0.3 is 7.67 Å². The van der Waals surface area contributed by atoms with Gasteiger partial charge in [-0.1, -0.05) is 30.4 Å². The van der Waals surface area contributed by atoms with E-state index in [4.69, 9.17) is 4.52 Å². The summed E-state index contributed by atoms with van der Waals surface area (Å²) in [4.78, 5) is 0. The molecule has 19 heavy (non-hydrogen) atoms. The maximum absolute atomic E-state index is 12.6. The summed E-state index contributed by atoms with van der Waals surface area (Å²) >= 11 is 0. The Morgan fingerprint density at radius 3 is 2.05 bits per heavy atom. The fourth-order valence-corrected chi connectivity index (χ4v) is 2.88. The normalized spacial score (nSPS) is 10.9. The van der Waals surface area contributed by atoms with E-state index in [1.807, 2.05) is 18.2 Å². The molecule has 0 bridgehead atoms. The first-order valence-corrected chi connectivity index (χ1v) is 7.89. The van der Waals surface area contributed by atoms with Gasteiger partial charge < -0.3 is 4.52 Å². The third-order valence-electron chi connectivity index (χ3n) is 2.31. The second kappa shape index (κ2) is 8.70. The van der Waals surface area contributed by atoms with Gasteiger partial charge in [-0.25, -0.2) is 14.7 Å². The van der Waals surface area contributed by atoms with Crippen LogP contribution in [0.4, 0.5) is 0 Å². The van der Waals surface area contributed by atoms with Gasteiger partial charge in [0, 0.05) is 13.1 Å². The van der Waals surface area contributed by atoms with E-state index in [-0.39, 0.29) is 0 Å². The Kier molecular flexibility index (Phi) is 7.19. The van der Waals surface area contributed by atoms with E-state index in [0.717, 1.165) is 12.8 Å². The van der Waals surface area contributed by atoms with E-state index in [2.05, 4.69) is 23.3 Å². The van der Waals surface area contributed by atoms with Crippen LogP contribution in [0.3, 0.4) is 0 Å². The van der Waals surface area contributed by atoms with Gasteiger partial charge in [0.15, 0.2) is 0 Å². The standard InChI is InChI=1S/C14H21N2O2P/c1-3-5-12-15-19(17,16-13-6-4-2)18-14-10-8-7-9-11-14/h3-4,7-11H,1-2,5-6,12-13H2,(H2,15,16,17). The second-order valence-corrected chi connectivity index (χ2v) is 5.84. The van der Waals surface area contributed by atoms with Crippen molar-refractivity contribution >= 4 is 7.67 Å². The molecule has 0 saturated heterocycles. The smallest absolute Gasteiger partial charge is 0.390 e. The number of nitrogens with one attached hydrogen (secondary N) is 2. The van der Waals surface area contributed by atoms with E-state index < -0.39 is 7.67 Å². The number of hydrogen-bond donors (Lipinski definition) is 2. The van der Waals surface area contributed by atoms with E-state index in [9.17, 15) is 4.57 Å². The van der Waals surface area contributed by atoms with Gasteiger partial charge in [-0.15, -0.1) is 13.2 Å². The van der Waals surface area contributed by atoms with Crippen LogP contribution in [0.5, 0.6) is 5.75 Å². The van der Waals surface area contributed by atoms with Gasteiger partial charge in [0.1, 0.15) is 5.75 Å². The quantitative estimate of drug-likeness (QED) is 0.391. The zero-order valence-electron chi connectivity index (χ0n) is 11.0. The molecule has 0 aliphatic heterocycles. The third-order valence-corrected chi connectivity index (χ3v) is 4.06. The molecule has 1 aromatic carbocycles. The first-order valence-electron chi connectivity index (χ1n) is 6.27. The van der Waals surface area contributed by atoms with Crippen LogP contribution in [0.15, 0.2) is 55.6 Å². The van der Waals surface area contributed by atoms with Crippen molar-refractivity contribution in [2.75, 3.05) is 13.1 Å². The number of benzene rings is 1. The topological polar surface area (TPSA) is 50.4 Å². The van der Waals surface area contributed by atoms with E-state index in [1.165, 1.54) is 0 Å². The van der Waals surface area contributed by atoms with Gasteiger partial charge in [0.25, 0.3) is 0 Å². The monoisotopic (exact) mass is 280 g/mol. The molecule has 0 fully saturated rings. The van der Waals surface area contributed by atoms with Crippen molar-refractivity contribution in [2.45, 2.75) is 12.8 Å². The summed E-state index contributed by atoms with van der Waals surface area (Å²) in [5, 5.41) is 5.84. The van der Waals surface area contributed by atoms with Gasteiger partial charge in [0.2, 0.25) is 0 Å². The third kappa shape index (κ3) is 6.39. The largest absolute Gasteiger partial charge is 0.422 e. The predicted molar refractivity (Wildman–Crippen MR) is 80.3 cm³/mol. The minimum absolute atomic E-state index is 0.550. The Balaban J connectivity index is 2.64. The predicted octanol–water partition coefficient (Wildman–Crippen LogP) is 3.50. The molecule has 0 amide bonds. The lowest BCUT2D eigenvalue weighted by Crippen LogP contribution is -2.27. The van der Waals surface area contributed by atoms with Crippen molar-refractivity contribution in [1.82, 2.24) is 10.2 Å². The zero-order valence-corrected chi connectivity index (χ0v) is 11.9. The lowest BCUT2D eigenvalue weighted by Gasteiger charge is -2.20. The van der Waals surface area contributed by atoms with Crippen LogP contribution >= 0.6 is 7.67 Å². The molecular formula is C14H21N2O2P. The zero-order chi connectivity index (χ0) is 14.0. The number of hydrogen-bond acceptors (Lipinski definition) is 2. The minimum atomic E-state index is -3.10. The lowest BCUT2D eigenvalue weighted by molar-refractivity contribution is 0.452. The lowest BCUT2D eigenvalue weighted by atomic mass is 10.3. The molecule has 0 spiro atoms. The highest BCUT2D eigenvalue weighted by molar-refractivity contribution is 7.55. The molecule has 4 nitrogen and oxygen atoms in total. The molecule has 5 heteroatoms. The van der Waals surface area contributed by atoms with Crippen molar-refractivity contribution in [2.24, 2.45) is 0 Å². The SMILES string of the molecule is C=CCCNP(=O)(NCCC=C)Oc1ccccc1. The van der Waals surface area contributed by atoms with Crippen LogP contribution in [-0.2, 0) is 4.57 Å². The second-order valence-electron chi connectivity index (χ2n) is 3.93. The average Bonchev–Trinajstić information content (AvgIpc) is 2.40. The van der Waals surface area contributed by atoms with Crippen molar-refractivity contribution in [3.05, 3.63) is 55.6 Å². The molecule has 0 aromatic heterocycles. The van der Waals surface area contributed by atoms with Crippen molar-refractivity contribution in [3.63, 3.8) is 0 Å². The van der Waals surface area contributed by atoms with Gasteiger partial charge in [-0.05, 0) is 25.0 Å². The number of para-hydroxylation sites is 1. The Morgan fingerprint density at radius 2 is 1.58 bits per heavy atom.